The first-order chi connectivity index (χ1) is 9.38. The first-order valence-electron chi connectivity index (χ1n) is 6.40. The van der Waals surface area contributed by atoms with Gasteiger partial charge in [-0.3, -0.25) is 4.68 Å². The summed E-state index contributed by atoms with van der Waals surface area (Å²) in [6.45, 7) is 1.94. The molecule has 1 aliphatic rings. The van der Waals surface area contributed by atoms with Gasteiger partial charge in [-0.2, -0.15) is 5.10 Å². The fourth-order valence-electron chi connectivity index (χ4n) is 2.58. The summed E-state index contributed by atoms with van der Waals surface area (Å²) in [6, 6.07) is 7.51. The van der Waals surface area contributed by atoms with Crippen LogP contribution in [0.3, 0.4) is 0 Å². The monoisotopic (exact) mass is 310 g/mol. The summed E-state index contributed by atoms with van der Waals surface area (Å²) in [6.07, 6.45) is 4.28. The van der Waals surface area contributed by atoms with Crippen LogP contribution in [0, 0.1) is 0 Å². The molecule has 2 aromatic rings. The second-order valence-corrected chi connectivity index (χ2v) is 8.14. The van der Waals surface area contributed by atoms with Gasteiger partial charge in [0.1, 0.15) is 0 Å². The highest BCUT2D eigenvalue weighted by atomic mass is 35.5. The highest BCUT2D eigenvalue weighted by molar-refractivity contribution is 7.91. The summed E-state index contributed by atoms with van der Waals surface area (Å²) >= 11 is 5.87. The Bertz CT molecular complexity index is 737. The summed E-state index contributed by atoms with van der Waals surface area (Å²) in [7, 11) is -2.94. The van der Waals surface area contributed by atoms with Crippen LogP contribution >= 0.6 is 11.6 Å². The molecule has 1 aromatic heterocycles. The van der Waals surface area contributed by atoms with E-state index in [4.69, 9.17) is 11.6 Å². The van der Waals surface area contributed by atoms with Crippen LogP contribution < -0.4 is 0 Å². The molecular formula is C14H15ClN2O2S. The van der Waals surface area contributed by atoms with Gasteiger partial charge in [0, 0.05) is 16.8 Å². The van der Waals surface area contributed by atoms with E-state index in [0.717, 1.165) is 11.1 Å². The van der Waals surface area contributed by atoms with Crippen molar-refractivity contribution in [3.63, 3.8) is 0 Å². The molecule has 106 valence electrons. The molecule has 0 bridgehead atoms. The van der Waals surface area contributed by atoms with Crippen LogP contribution in [0.15, 0.2) is 36.7 Å². The van der Waals surface area contributed by atoms with Gasteiger partial charge in [0.15, 0.2) is 9.84 Å². The minimum atomic E-state index is -2.94. The van der Waals surface area contributed by atoms with Crippen LogP contribution in [0.25, 0.3) is 11.1 Å². The maximum absolute atomic E-state index is 11.7. The number of aromatic nitrogens is 2. The number of sulfone groups is 1. The van der Waals surface area contributed by atoms with Crippen molar-refractivity contribution in [3.8, 4) is 11.1 Å². The lowest BCUT2D eigenvalue weighted by molar-refractivity contribution is 0.328. The maximum Gasteiger partial charge on any atom is 0.152 e. The van der Waals surface area contributed by atoms with Gasteiger partial charge in [-0.15, -0.1) is 0 Å². The Balaban J connectivity index is 1.93. The van der Waals surface area contributed by atoms with Crippen molar-refractivity contribution >= 4 is 21.4 Å². The van der Waals surface area contributed by atoms with Crippen LogP contribution in [0.2, 0.25) is 5.02 Å². The van der Waals surface area contributed by atoms with E-state index in [1.54, 1.807) is 10.9 Å². The number of hydrogen-bond acceptors (Lipinski definition) is 3. The molecule has 1 aliphatic heterocycles. The lowest BCUT2D eigenvalue weighted by Gasteiger charge is -2.22. The second kappa shape index (κ2) is 4.60. The van der Waals surface area contributed by atoms with E-state index in [1.165, 1.54) is 0 Å². The molecule has 1 saturated heterocycles. The Morgan fingerprint density at radius 2 is 1.95 bits per heavy atom. The Labute approximate surface area is 123 Å². The Kier molecular flexibility index (Phi) is 3.14. The Morgan fingerprint density at radius 1 is 1.25 bits per heavy atom. The van der Waals surface area contributed by atoms with Crippen LogP contribution in [-0.4, -0.2) is 29.7 Å². The van der Waals surface area contributed by atoms with E-state index < -0.39 is 15.4 Å². The predicted octanol–water partition coefficient (Wildman–Crippen LogP) is 2.74. The van der Waals surface area contributed by atoms with Crippen molar-refractivity contribution in [1.82, 2.24) is 9.78 Å². The third kappa shape index (κ3) is 2.47. The summed E-state index contributed by atoms with van der Waals surface area (Å²) in [4.78, 5) is 0. The van der Waals surface area contributed by atoms with Crippen LogP contribution in [0.5, 0.6) is 0 Å². The normalized spacial score (nSPS) is 24.9. The molecule has 20 heavy (non-hydrogen) atoms. The first-order valence-corrected chi connectivity index (χ1v) is 8.59. The number of halogens is 1. The summed E-state index contributed by atoms with van der Waals surface area (Å²) < 4.78 is 25.1. The molecule has 1 unspecified atom stereocenters. The second-order valence-electron chi connectivity index (χ2n) is 5.52. The quantitative estimate of drug-likeness (QED) is 0.857. The minimum Gasteiger partial charge on any atom is -0.265 e. The molecule has 1 atom stereocenters. The highest BCUT2D eigenvalue weighted by Gasteiger charge is 2.40. The largest absolute Gasteiger partial charge is 0.265 e. The van der Waals surface area contributed by atoms with Gasteiger partial charge in [-0.05, 0) is 31.0 Å². The molecule has 3 rings (SSSR count). The molecule has 2 heterocycles. The van der Waals surface area contributed by atoms with E-state index in [2.05, 4.69) is 5.10 Å². The number of nitrogens with zero attached hydrogens (tertiary/aromatic N) is 2. The zero-order valence-corrected chi connectivity index (χ0v) is 12.7. The van der Waals surface area contributed by atoms with E-state index in [9.17, 15) is 8.42 Å². The fraction of sp³-hybridized carbons (Fsp3) is 0.357. The zero-order chi connectivity index (χ0) is 14.4. The van der Waals surface area contributed by atoms with Crippen molar-refractivity contribution in [1.29, 1.82) is 0 Å². The number of hydrogen-bond donors (Lipinski definition) is 0. The van der Waals surface area contributed by atoms with E-state index in [-0.39, 0.29) is 11.5 Å². The predicted molar refractivity (Wildman–Crippen MR) is 79.6 cm³/mol. The third-order valence-electron chi connectivity index (χ3n) is 3.80. The van der Waals surface area contributed by atoms with Gasteiger partial charge < -0.3 is 0 Å². The van der Waals surface area contributed by atoms with Crippen molar-refractivity contribution < 1.29 is 8.42 Å². The van der Waals surface area contributed by atoms with Crippen molar-refractivity contribution in [3.05, 3.63) is 41.7 Å². The zero-order valence-electron chi connectivity index (χ0n) is 11.1. The van der Waals surface area contributed by atoms with E-state index in [0.29, 0.717) is 11.4 Å². The topological polar surface area (TPSA) is 52.0 Å². The van der Waals surface area contributed by atoms with Crippen LogP contribution in [-0.2, 0) is 15.4 Å². The summed E-state index contributed by atoms with van der Waals surface area (Å²) in [5.41, 5.74) is 1.54. The van der Waals surface area contributed by atoms with Crippen LogP contribution in [0.1, 0.15) is 13.3 Å². The molecular weight excluding hydrogens is 296 g/mol. The Morgan fingerprint density at radius 3 is 2.55 bits per heavy atom. The third-order valence-corrected chi connectivity index (χ3v) is 5.94. The highest BCUT2D eigenvalue weighted by Crippen LogP contribution is 2.31. The molecule has 0 spiro atoms. The lowest BCUT2D eigenvalue weighted by atomic mass is 10.0. The SMILES string of the molecule is CC1(n2cc(-c3ccc(Cl)cc3)cn2)CCS(=O)(=O)C1. The average Bonchev–Trinajstić information content (AvgIpc) is 2.96. The average molecular weight is 311 g/mol. The molecule has 6 heteroatoms. The maximum atomic E-state index is 11.7. The molecule has 1 fully saturated rings. The minimum absolute atomic E-state index is 0.155. The molecule has 0 aliphatic carbocycles. The van der Waals surface area contributed by atoms with Crippen molar-refractivity contribution in [2.45, 2.75) is 18.9 Å². The molecule has 0 radical (unpaired) electrons. The summed E-state index contributed by atoms with van der Waals surface area (Å²) in [5.74, 6) is 0.390. The fourth-order valence-corrected chi connectivity index (χ4v) is 4.83. The van der Waals surface area contributed by atoms with Gasteiger partial charge in [0.2, 0.25) is 0 Å². The molecule has 0 saturated carbocycles. The van der Waals surface area contributed by atoms with Gasteiger partial charge in [0.25, 0.3) is 0 Å². The summed E-state index contributed by atoms with van der Waals surface area (Å²) in [5, 5.41) is 5.04. The smallest absolute Gasteiger partial charge is 0.152 e. The molecule has 4 nitrogen and oxygen atoms in total. The van der Waals surface area contributed by atoms with Gasteiger partial charge in [0.05, 0.1) is 23.2 Å². The molecule has 1 aromatic carbocycles. The molecule has 0 amide bonds. The molecule has 0 N–H and O–H groups in total. The van der Waals surface area contributed by atoms with Crippen molar-refractivity contribution in [2.24, 2.45) is 0 Å². The lowest BCUT2D eigenvalue weighted by Crippen LogP contribution is -2.31. The number of rotatable bonds is 2. The van der Waals surface area contributed by atoms with Gasteiger partial charge in [-0.1, -0.05) is 23.7 Å². The van der Waals surface area contributed by atoms with Crippen LogP contribution in [0.4, 0.5) is 0 Å². The van der Waals surface area contributed by atoms with Crippen molar-refractivity contribution in [2.75, 3.05) is 11.5 Å². The standard InChI is InChI=1S/C14H15ClN2O2S/c1-14(6-7-20(18,19)10-14)17-9-12(8-16-17)11-2-4-13(15)5-3-11/h2-5,8-9H,6-7,10H2,1H3. The van der Waals surface area contributed by atoms with Gasteiger partial charge >= 0.3 is 0 Å². The first kappa shape index (κ1) is 13.6. The number of benzene rings is 1. The van der Waals surface area contributed by atoms with Gasteiger partial charge in [-0.25, -0.2) is 8.42 Å². The van der Waals surface area contributed by atoms with E-state index >= 15 is 0 Å². The van der Waals surface area contributed by atoms with E-state index in [1.807, 2.05) is 37.4 Å². The Hall–Kier alpha value is -1.33.